The van der Waals surface area contributed by atoms with E-state index in [9.17, 15) is 9.59 Å². The van der Waals surface area contributed by atoms with Gasteiger partial charge in [0.05, 0.1) is 11.5 Å². The van der Waals surface area contributed by atoms with E-state index in [1.807, 2.05) is 0 Å². The highest BCUT2D eigenvalue weighted by molar-refractivity contribution is 6.08. The molecule has 0 aromatic carbocycles. The number of fused-ring (bicyclic) bond motifs is 1. The third-order valence-corrected chi connectivity index (χ3v) is 4.70. The van der Waals surface area contributed by atoms with Crippen molar-refractivity contribution in [2.24, 2.45) is 23.2 Å². The average Bonchev–Trinajstić information content (AvgIpc) is 2.64. The number of Topliss-reactive ketones (excluding diaryl/α,β-unsaturated/α-hetero) is 2. The van der Waals surface area contributed by atoms with Crippen LogP contribution >= 0.6 is 0 Å². The molecule has 16 heavy (non-hydrogen) atoms. The predicted octanol–water partition coefficient (Wildman–Crippen LogP) is 1.84. The molecule has 3 nitrogen and oxygen atoms in total. The maximum Gasteiger partial charge on any atom is 0.149 e. The summed E-state index contributed by atoms with van der Waals surface area (Å²) in [6.07, 6.45) is 1.70. The van der Waals surface area contributed by atoms with Crippen LogP contribution in [0, 0.1) is 23.2 Å². The molecular weight excluding hydrogens is 204 g/mol. The molecule has 2 rings (SSSR count). The first-order valence-corrected chi connectivity index (χ1v) is 6.00. The molecule has 0 spiro atoms. The van der Waals surface area contributed by atoms with E-state index in [0.717, 1.165) is 6.42 Å². The first kappa shape index (κ1) is 11.8. The molecular formula is C13H20O3. The minimum atomic E-state index is -0.744. The second kappa shape index (κ2) is 3.66. The molecule has 0 unspecified atom stereocenters. The topological polar surface area (TPSA) is 43.4 Å². The van der Waals surface area contributed by atoms with Gasteiger partial charge in [-0.3, -0.25) is 9.59 Å². The van der Waals surface area contributed by atoms with E-state index in [2.05, 4.69) is 6.92 Å². The zero-order chi connectivity index (χ0) is 12.1. The quantitative estimate of drug-likeness (QED) is 0.672. The molecule has 0 radical (unpaired) electrons. The van der Waals surface area contributed by atoms with Crippen molar-refractivity contribution in [2.75, 3.05) is 7.11 Å². The van der Waals surface area contributed by atoms with Crippen molar-refractivity contribution < 1.29 is 14.3 Å². The predicted molar refractivity (Wildman–Crippen MR) is 60.0 cm³/mol. The Labute approximate surface area is 96.5 Å². The third-order valence-electron chi connectivity index (χ3n) is 4.70. The molecule has 5 atom stereocenters. The van der Waals surface area contributed by atoms with Crippen molar-refractivity contribution >= 4 is 11.6 Å². The zero-order valence-electron chi connectivity index (χ0n) is 10.4. The molecule has 0 heterocycles. The number of hydrogen-bond acceptors (Lipinski definition) is 3. The summed E-state index contributed by atoms with van der Waals surface area (Å²) in [5.41, 5.74) is -0.744. The lowest BCUT2D eigenvalue weighted by Crippen LogP contribution is -2.33. The van der Waals surface area contributed by atoms with Gasteiger partial charge in [-0.2, -0.15) is 0 Å². The van der Waals surface area contributed by atoms with E-state index in [4.69, 9.17) is 4.74 Å². The maximum atomic E-state index is 12.3. The fraction of sp³-hybridized carbons (Fsp3) is 0.846. The summed E-state index contributed by atoms with van der Waals surface area (Å²) in [7, 11) is 1.71. The molecule has 0 N–H and O–H groups in total. The van der Waals surface area contributed by atoms with E-state index in [1.54, 1.807) is 14.0 Å². The second-order valence-corrected chi connectivity index (χ2v) is 5.64. The van der Waals surface area contributed by atoms with Gasteiger partial charge in [-0.25, -0.2) is 0 Å². The number of carbonyl (C=O) groups is 2. The van der Waals surface area contributed by atoms with Crippen LogP contribution < -0.4 is 0 Å². The fourth-order valence-corrected chi connectivity index (χ4v) is 3.63. The Kier molecular flexibility index (Phi) is 2.69. The van der Waals surface area contributed by atoms with Gasteiger partial charge in [0.15, 0.2) is 0 Å². The van der Waals surface area contributed by atoms with Crippen LogP contribution in [0.1, 0.15) is 33.6 Å². The first-order chi connectivity index (χ1) is 7.41. The molecule has 0 aliphatic heterocycles. The van der Waals surface area contributed by atoms with Gasteiger partial charge < -0.3 is 4.74 Å². The number of methoxy groups -OCH3 is 1. The summed E-state index contributed by atoms with van der Waals surface area (Å²) >= 11 is 0. The van der Waals surface area contributed by atoms with Crippen LogP contribution in [0.3, 0.4) is 0 Å². The Morgan fingerprint density at radius 2 is 2.12 bits per heavy atom. The zero-order valence-corrected chi connectivity index (χ0v) is 10.4. The molecule has 0 aromatic rings. The van der Waals surface area contributed by atoms with Crippen LogP contribution in [0.15, 0.2) is 0 Å². The SMILES string of the molecule is CO[C@@H]1[C@H]2C[C@](C)(C(C)=O)C(=O)[C@H]2C[C@H]1C. The summed E-state index contributed by atoms with van der Waals surface area (Å²) < 4.78 is 5.50. The van der Waals surface area contributed by atoms with E-state index in [1.165, 1.54) is 6.92 Å². The lowest BCUT2D eigenvalue weighted by Gasteiger charge is -2.24. The number of carbonyl (C=O) groups excluding carboxylic acids is 2. The van der Waals surface area contributed by atoms with Crippen LogP contribution in [-0.2, 0) is 14.3 Å². The van der Waals surface area contributed by atoms with Crippen LogP contribution in [0.5, 0.6) is 0 Å². The second-order valence-electron chi connectivity index (χ2n) is 5.64. The van der Waals surface area contributed by atoms with Crippen molar-refractivity contribution in [3.05, 3.63) is 0 Å². The highest BCUT2D eigenvalue weighted by atomic mass is 16.5. The number of ether oxygens (including phenoxy) is 1. The molecule has 0 bridgehead atoms. The summed E-state index contributed by atoms with van der Waals surface area (Å²) in [6.45, 7) is 5.46. The van der Waals surface area contributed by atoms with Crippen molar-refractivity contribution in [1.82, 2.24) is 0 Å². The van der Waals surface area contributed by atoms with Gasteiger partial charge in [0.25, 0.3) is 0 Å². The van der Waals surface area contributed by atoms with Crippen molar-refractivity contribution in [2.45, 2.75) is 39.7 Å². The fourth-order valence-electron chi connectivity index (χ4n) is 3.63. The normalized spacial score (nSPS) is 47.1. The van der Waals surface area contributed by atoms with Crippen molar-refractivity contribution in [1.29, 1.82) is 0 Å². The molecule has 2 aliphatic carbocycles. The minimum absolute atomic E-state index is 0.00871. The van der Waals surface area contributed by atoms with Crippen LogP contribution in [0.4, 0.5) is 0 Å². The number of rotatable bonds is 2. The summed E-state index contributed by atoms with van der Waals surface area (Å²) in [4.78, 5) is 23.9. The molecule has 2 saturated carbocycles. The van der Waals surface area contributed by atoms with E-state index < -0.39 is 5.41 Å². The molecule has 0 amide bonds. The van der Waals surface area contributed by atoms with Crippen LogP contribution in [0.25, 0.3) is 0 Å². The smallest absolute Gasteiger partial charge is 0.149 e. The Bertz CT molecular complexity index is 336. The third kappa shape index (κ3) is 1.37. The lowest BCUT2D eigenvalue weighted by molar-refractivity contribution is -0.137. The molecule has 2 aliphatic rings. The van der Waals surface area contributed by atoms with E-state index in [-0.39, 0.29) is 29.5 Å². The van der Waals surface area contributed by atoms with Gasteiger partial charge in [0.2, 0.25) is 0 Å². The Hall–Kier alpha value is -0.700. The minimum Gasteiger partial charge on any atom is -0.381 e. The van der Waals surface area contributed by atoms with Crippen molar-refractivity contribution in [3.63, 3.8) is 0 Å². The standard InChI is InChI=1S/C13H20O3/c1-7-5-9-10(11(7)16-4)6-13(3,8(2)14)12(9)15/h7,9-11H,5-6H2,1-4H3/t7-,9+,10+,11+,13-/m1/s1. The Morgan fingerprint density at radius 3 is 2.62 bits per heavy atom. The molecule has 90 valence electrons. The monoisotopic (exact) mass is 224 g/mol. The largest absolute Gasteiger partial charge is 0.381 e. The number of hydrogen-bond donors (Lipinski definition) is 0. The summed E-state index contributed by atoms with van der Waals surface area (Å²) in [5, 5.41) is 0. The number of ketones is 2. The van der Waals surface area contributed by atoms with E-state index >= 15 is 0 Å². The van der Waals surface area contributed by atoms with Gasteiger partial charge in [0.1, 0.15) is 11.6 Å². The van der Waals surface area contributed by atoms with Gasteiger partial charge in [0, 0.05) is 13.0 Å². The average molecular weight is 224 g/mol. The van der Waals surface area contributed by atoms with Gasteiger partial charge >= 0.3 is 0 Å². The highest BCUT2D eigenvalue weighted by Gasteiger charge is 2.58. The molecule has 0 saturated heterocycles. The van der Waals surface area contributed by atoms with E-state index in [0.29, 0.717) is 12.3 Å². The van der Waals surface area contributed by atoms with Gasteiger partial charge in [-0.1, -0.05) is 6.92 Å². The maximum absolute atomic E-state index is 12.3. The highest BCUT2D eigenvalue weighted by Crippen LogP contribution is 2.53. The van der Waals surface area contributed by atoms with Crippen LogP contribution in [-0.4, -0.2) is 24.8 Å². The van der Waals surface area contributed by atoms with Gasteiger partial charge in [-0.15, -0.1) is 0 Å². The first-order valence-electron chi connectivity index (χ1n) is 6.00. The summed E-state index contributed by atoms with van der Waals surface area (Å²) in [5.74, 6) is 0.890. The van der Waals surface area contributed by atoms with Crippen LogP contribution in [0.2, 0.25) is 0 Å². The van der Waals surface area contributed by atoms with Crippen molar-refractivity contribution in [3.8, 4) is 0 Å². The van der Waals surface area contributed by atoms with Gasteiger partial charge in [-0.05, 0) is 38.5 Å². The molecule has 2 fully saturated rings. The summed E-state index contributed by atoms with van der Waals surface area (Å²) in [6, 6.07) is 0. The molecule has 3 heteroatoms. The Morgan fingerprint density at radius 1 is 1.50 bits per heavy atom. The lowest BCUT2D eigenvalue weighted by atomic mass is 9.80. The molecule has 0 aromatic heterocycles. The Balaban J connectivity index is 2.28.